The Balaban J connectivity index is 1.59. The van der Waals surface area contributed by atoms with E-state index in [0.29, 0.717) is 12.1 Å². The molecule has 1 N–H and O–H groups in total. The minimum absolute atomic E-state index is 0.0626. The van der Waals surface area contributed by atoms with Crippen molar-refractivity contribution in [1.82, 2.24) is 4.72 Å². The molecule has 160 valence electrons. The third kappa shape index (κ3) is 4.55. The molecule has 1 aliphatic rings. The number of benzene rings is 3. The maximum atomic E-state index is 13.1. The Hall–Kier alpha value is -2.96. The molecule has 0 saturated heterocycles. The molecule has 0 radical (unpaired) electrons. The fraction of sp³-hybridized carbons (Fsp3) is 0.240. The molecule has 0 spiro atoms. The molecule has 0 unspecified atom stereocenters. The summed E-state index contributed by atoms with van der Waals surface area (Å²) >= 11 is 0. The lowest BCUT2D eigenvalue weighted by molar-refractivity contribution is 0.0985. The molecule has 4 rings (SSSR count). The molecule has 0 fully saturated rings. The highest BCUT2D eigenvalue weighted by atomic mass is 32.2. The largest absolute Gasteiger partial charge is 0.308 e. The number of amides is 1. The van der Waals surface area contributed by atoms with Gasteiger partial charge < -0.3 is 4.90 Å². The summed E-state index contributed by atoms with van der Waals surface area (Å²) in [5.74, 6) is -0.0626. The molecule has 1 aliphatic heterocycles. The summed E-state index contributed by atoms with van der Waals surface area (Å²) in [7, 11) is -3.69. The molecule has 6 heteroatoms. The third-order valence-electron chi connectivity index (χ3n) is 5.66. The number of nitrogens with one attached hydrogen (secondary N) is 1. The maximum absolute atomic E-state index is 13.1. The van der Waals surface area contributed by atoms with Crippen LogP contribution in [0.4, 0.5) is 5.69 Å². The summed E-state index contributed by atoms with van der Waals surface area (Å²) in [6, 6.07) is 21.7. The van der Waals surface area contributed by atoms with E-state index in [9.17, 15) is 13.2 Å². The van der Waals surface area contributed by atoms with Gasteiger partial charge in [0.1, 0.15) is 0 Å². The van der Waals surface area contributed by atoms with Gasteiger partial charge in [-0.1, -0.05) is 48.0 Å². The first kappa shape index (κ1) is 21.3. The number of fused-ring (bicyclic) bond motifs is 1. The normalized spacial score (nSPS) is 14.7. The highest BCUT2D eigenvalue weighted by Gasteiger charge is 2.26. The maximum Gasteiger partial charge on any atom is 0.258 e. The second kappa shape index (κ2) is 8.65. The number of carbonyl (C=O) groups is 1. The molecule has 0 aromatic heterocycles. The zero-order valence-electron chi connectivity index (χ0n) is 17.7. The lowest BCUT2D eigenvalue weighted by Gasteiger charge is -2.30. The van der Waals surface area contributed by atoms with Crippen molar-refractivity contribution in [1.29, 1.82) is 0 Å². The van der Waals surface area contributed by atoms with Crippen LogP contribution in [0.25, 0.3) is 0 Å². The van der Waals surface area contributed by atoms with Gasteiger partial charge in [0.25, 0.3) is 5.91 Å². The molecule has 1 atom stereocenters. The van der Waals surface area contributed by atoms with E-state index in [4.69, 9.17) is 0 Å². The smallest absolute Gasteiger partial charge is 0.258 e. The molecule has 0 saturated carbocycles. The first-order chi connectivity index (χ1) is 14.8. The molecule has 5 nitrogen and oxygen atoms in total. The van der Waals surface area contributed by atoms with Gasteiger partial charge in [-0.05, 0) is 68.1 Å². The minimum atomic E-state index is -3.69. The number of nitrogens with zero attached hydrogens (tertiary/aromatic N) is 1. The van der Waals surface area contributed by atoms with Crippen molar-refractivity contribution >= 4 is 21.6 Å². The van der Waals surface area contributed by atoms with Crippen LogP contribution in [0.2, 0.25) is 0 Å². The molecule has 3 aromatic carbocycles. The van der Waals surface area contributed by atoms with Gasteiger partial charge in [0.15, 0.2) is 0 Å². The summed E-state index contributed by atoms with van der Waals surface area (Å²) in [6.45, 7) is 4.43. The quantitative estimate of drug-likeness (QED) is 0.637. The van der Waals surface area contributed by atoms with Crippen LogP contribution in [0, 0.1) is 6.92 Å². The van der Waals surface area contributed by atoms with Crippen molar-refractivity contribution in [2.45, 2.75) is 37.6 Å². The van der Waals surface area contributed by atoms with Crippen molar-refractivity contribution in [3.05, 3.63) is 95.1 Å². The second-order valence-corrected chi connectivity index (χ2v) is 9.68. The standard InChI is InChI=1S/C25H26N2O3S/c1-18-10-12-21(13-11-18)25(28)27-16-6-9-22-17-23(14-15-24(22)27)31(29,30)26-19(2)20-7-4-3-5-8-20/h3-5,7-8,10-15,17,19,26H,6,9,16H2,1-2H3/t19-/m0/s1. The Kier molecular flexibility index (Phi) is 5.94. The van der Waals surface area contributed by atoms with Crippen molar-refractivity contribution in [3.63, 3.8) is 0 Å². The Morgan fingerprint density at radius 2 is 1.71 bits per heavy atom. The Morgan fingerprint density at radius 1 is 1.00 bits per heavy atom. The Bertz CT molecular complexity index is 1190. The number of anilines is 1. The molecular weight excluding hydrogens is 408 g/mol. The number of rotatable bonds is 5. The van der Waals surface area contributed by atoms with E-state index in [-0.39, 0.29) is 16.8 Å². The van der Waals surface area contributed by atoms with Crippen molar-refractivity contribution in [3.8, 4) is 0 Å². The van der Waals surface area contributed by atoms with Crippen LogP contribution in [0.15, 0.2) is 77.7 Å². The van der Waals surface area contributed by atoms with E-state index in [0.717, 1.165) is 35.2 Å². The number of sulfonamides is 1. The number of hydrogen-bond acceptors (Lipinski definition) is 3. The van der Waals surface area contributed by atoms with E-state index in [1.165, 1.54) is 0 Å². The highest BCUT2D eigenvalue weighted by molar-refractivity contribution is 7.89. The molecule has 3 aromatic rings. The van der Waals surface area contributed by atoms with Crippen LogP contribution < -0.4 is 9.62 Å². The van der Waals surface area contributed by atoms with Gasteiger partial charge in [-0.3, -0.25) is 4.79 Å². The van der Waals surface area contributed by atoms with Crippen molar-refractivity contribution in [2.75, 3.05) is 11.4 Å². The SMILES string of the molecule is Cc1ccc(C(=O)N2CCCc3cc(S(=O)(=O)N[C@@H](C)c4ccccc4)ccc32)cc1. The summed E-state index contributed by atoms with van der Waals surface area (Å²) in [5, 5.41) is 0. The fourth-order valence-corrected chi connectivity index (χ4v) is 5.20. The molecular formula is C25H26N2O3S. The van der Waals surface area contributed by atoms with Gasteiger partial charge in [0.05, 0.1) is 4.90 Å². The zero-order valence-corrected chi connectivity index (χ0v) is 18.5. The van der Waals surface area contributed by atoms with Gasteiger partial charge >= 0.3 is 0 Å². The van der Waals surface area contributed by atoms with Crippen LogP contribution in [-0.4, -0.2) is 20.9 Å². The topological polar surface area (TPSA) is 66.5 Å². The van der Waals surface area contributed by atoms with Gasteiger partial charge in [-0.15, -0.1) is 0 Å². The van der Waals surface area contributed by atoms with E-state index in [1.54, 1.807) is 23.1 Å². The van der Waals surface area contributed by atoms with Crippen LogP contribution in [0.3, 0.4) is 0 Å². The average molecular weight is 435 g/mol. The van der Waals surface area contributed by atoms with Crippen LogP contribution in [0.1, 0.15) is 46.4 Å². The van der Waals surface area contributed by atoms with E-state index in [2.05, 4.69) is 4.72 Å². The molecule has 0 aliphatic carbocycles. The van der Waals surface area contributed by atoms with Gasteiger partial charge in [0.2, 0.25) is 10.0 Å². The molecule has 31 heavy (non-hydrogen) atoms. The third-order valence-corrected chi connectivity index (χ3v) is 7.19. The van der Waals surface area contributed by atoms with Gasteiger partial charge in [-0.2, -0.15) is 0 Å². The second-order valence-electron chi connectivity index (χ2n) is 7.97. The minimum Gasteiger partial charge on any atom is -0.308 e. The summed E-state index contributed by atoms with van der Waals surface area (Å²) in [6.07, 6.45) is 1.53. The van der Waals surface area contributed by atoms with Gasteiger partial charge in [0, 0.05) is 23.8 Å². The van der Waals surface area contributed by atoms with Crippen LogP contribution in [0.5, 0.6) is 0 Å². The first-order valence-corrected chi connectivity index (χ1v) is 11.9. The Labute approximate surface area is 183 Å². The lowest BCUT2D eigenvalue weighted by Crippen LogP contribution is -2.35. The monoisotopic (exact) mass is 434 g/mol. The van der Waals surface area contributed by atoms with Crippen molar-refractivity contribution in [2.24, 2.45) is 0 Å². The van der Waals surface area contributed by atoms with Crippen molar-refractivity contribution < 1.29 is 13.2 Å². The molecule has 1 heterocycles. The van der Waals surface area contributed by atoms with E-state index in [1.807, 2.05) is 68.4 Å². The predicted molar refractivity (Wildman–Crippen MR) is 123 cm³/mol. The molecule has 1 amide bonds. The summed E-state index contributed by atoms with van der Waals surface area (Å²) in [5.41, 5.74) is 4.30. The first-order valence-electron chi connectivity index (χ1n) is 10.4. The number of carbonyl (C=O) groups excluding carboxylic acids is 1. The number of aryl methyl sites for hydroxylation is 2. The van der Waals surface area contributed by atoms with E-state index >= 15 is 0 Å². The highest BCUT2D eigenvalue weighted by Crippen LogP contribution is 2.31. The van der Waals surface area contributed by atoms with E-state index < -0.39 is 10.0 Å². The number of hydrogen-bond donors (Lipinski definition) is 1. The predicted octanol–water partition coefficient (Wildman–Crippen LogP) is 4.63. The fourth-order valence-electron chi connectivity index (χ4n) is 3.91. The Morgan fingerprint density at radius 3 is 2.42 bits per heavy atom. The van der Waals surface area contributed by atoms with Gasteiger partial charge in [-0.25, -0.2) is 13.1 Å². The lowest BCUT2D eigenvalue weighted by atomic mass is 10.0. The zero-order chi connectivity index (χ0) is 22.0. The van der Waals surface area contributed by atoms with Crippen LogP contribution >= 0.6 is 0 Å². The average Bonchev–Trinajstić information content (AvgIpc) is 2.78. The summed E-state index contributed by atoms with van der Waals surface area (Å²) < 4.78 is 28.7. The van der Waals surface area contributed by atoms with Crippen LogP contribution in [-0.2, 0) is 16.4 Å². The molecule has 0 bridgehead atoms. The summed E-state index contributed by atoms with van der Waals surface area (Å²) in [4.78, 5) is 15.0.